The molecule has 0 spiro atoms. The first kappa shape index (κ1) is 17.4. The van der Waals surface area contributed by atoms with E-state index in [0.717, 1.165) is 6.42 Å². The van der Waals surface area contributed by atoms with Gasteiger partial charge in [0.05, 0.1) is 0 Å². The van der Waals surface area contributed by atoms with Crippen molar-refractivity contribution in [2.75, 3.05) is 13.6 Å². The van der Waals surface area contributed by atoms with Gasteiger partial charge < -0.3 is 15.4 Å². The number of carbonyl (C=O) groups excluding carboxylic acids is 1. The summed E-state index contributed by atoms with van der Waals surface area (Å²) >= 11 is 0. The average molecular weight is 296 g/mol. The summed E-state index contributed by atoms with van der Waals surface area (Å²) in [5, 5.41) is 5.76. The smallest absolute Gasteiger partial charge is 0.260 e. The monoisotopic (exact) mass is 296 g/mol. The standard InChI is InChI=1S/C16H25FN2O2/c1-11(2)8-9-19-16(20)12(3)21-15-13(10-18-4)6-5-7-14(15)17/h5-7,11-12,18H,8-10H2,1-4H3,(H,19,20). The third kappa shape index (κ3) is 5.71. The van der Waals surface area contributed by atoms with Gasteiger partial charge in [0, 0.05) is 18.7 Å². The number of ether oxygens (including phenoxy) is 1. The fraction of sp³-hybridized carbons (Fsp3) is 0.562. The average Bonchev–Trinajstić information content (AvgIpc) is 2.42. The van der Waals surface area contributed by atoms with E-state index < -0.39 is 11.9 Å². The number of hydrogen-bond acceptors (Lipinski definition) is 3. The molecule has 0 aliphatic carbocycles. The molecule has 0 saturated carbocycles. The summed E-state index contributed by atoms with van der Waals surface area (Å²) in [7, 11) is 1.77. The lowest BCUT2D eigenvalue weighted by molar-refractivity contribution is -0.127. The molecular formula is C16H25FN2O2. The summed E-state index contributed by atoms with van der Waals surface area (Å²) in [4.78, 5) is 11.9. The molecule has 1 aromatic carbocycles. The van der Waals surface area contributed by atoms with E-state index >= 15 is 0 Å². The molecular weight excluding hydrogens is 271 g/mol. The van der Waals surface area contributed by atoms with Crippen LogP contribution in [0.5, 0.6) is 5.75 Å². The van der Waals surface area contributed by atoms with Gasteiger partial charge in [0.25, 0.3) is 5.91 Å². The molecule has 1 unspecified atom stereocenters. The molecule has 4 nitrogen and oxygen atoms in total. The number of carbonyl (C=O) groups is 1. The predicted octanol–water partition coefficient (Wildman–Crippen LogP) is 2.47. The Hall–Kier alpha value is -1.62. The van der Waals surface area contributed by atoms with E-state index in [1.807, 2.05) is 0 Å². The van der Waals surface area contributed by atoms with E-state index in [1.165, 1.54) is 6.07 Å². The van der Waals surface area contributed by atoms with Gasteiger partial charge in [-0.3, -0.25) is 4.79 Å². The van der Waals surface area contributed by atoms with Crippen LogP contribution in [0.1, 0.15) is 32.8 Å². The Kier molecular flexibility index (Phi) is 7.15. The normalized spacial score (nSPS) is 12.3. The molecule has 1 amide bonds. The van der Waals surface area contributed by atoms with E-state index in [-0.39, 0.29) is 11.7 Å². The van der Waals surface area contributed by atoms with Crippen LogP contribution in [-0.2, 0) is 11.3 Å². The van der Waals surface area contributed by atoms with Crippen LogP contribution in [0.3, 0.4) is 0 Å². The predicted molar refractivity (Wildman–Crippen MR) is 81.7 cm³/mol. The van der Waals surface area contributed by atoms with Crippen LogP contribution < -0.4 is 15.4 Å². The summed E-state index contributed by atoms with van der Waals surface area (Å²) in [6.45, 7) is 6.89. The zero-order chi connectivity index (χ0) is 15.8. The highest BCUT2D eigenvalue weighted by atomic mass is 19.1. The number of amides is 1. The largest absolute Gasteiger partial charge is 0.477 e. The van der Waals surface area contributed by atoms with Crippen LogP contribution in [0.25, 0.3) is 0 Å². The number of hydrogen-bond donors (Lipinski definition) is 2. The maximum Gasteiger partial charge on any atom is 0.260 e. The fourth-order valence-electron chi connectivity index (χ4n) is 1.87. The maximum atomic E-state index is 13.9. The van der Waals surface area contributed by atoms with Crippen molar-refractivity contribution in [2.24, 2.45) is 5.92 Å². The van der Waals surface area contributed by atoms with Crippen molar-refractivity contribution in [3.05, 3.63) is 29.6 Å². The molecule has 0 aliphatic rings. The first-order valence-corrected chi connectivity index (χ1v) is 7.32. The molecule has 118 valence electrons. The van der Waals surface area contributed by atoms with Crippen LogP contribution in [-0.4, -0.2) is 25.6 Å². The van der Waals surface area contributed by atoms with Crippen LogP contribution in [0, 0.1) is 11.7 Å². The SMILES string of the molecule is CNCc1cccc(F)c1OC(C)C(=O)NCCC(C)C. The van der Waals surface area contributed by atoms with Gasteiger partial charge in [0.2, 0.25) is 0 Å². The van der Waals surface area contributed by atoms with Crippen LogP contribution in [0.2, 0.25) is 0 Å². The van der Waals surface area contributed by atoms with E-state index in [2.05, 4.69) is 24.5 Å². The van der Waals surface area contributed by atoms with Gasteiger partial charge in [-0.05, 0) is 32.4 Å². The minimum absolute atomic E-state index is 0.137. The first-order chi connectivity index (χ1) is 9.95. The number of rotatable bonds is 8. The lowest BCUT2D eigenvalue weighted by Gasteiger charge is -2.18. The van der Waals surface area contributed by atoms with Gasteiger partial charge in [-0.25, -0.2) is 4.39 Å². The second-order valence-corrected chi connectivity index (χ2v) is 5.49. The van der Waals surface area contributed by atoms with E-state index in [4.69, 9.17) is 4.74 Å². The second kappa shape index (κ2) is 8.62. The zero-order valence-corrected chi connectivity index (χ0v) is 13.2. The lowest BCUT2D eigenvalue weighted by atomic mass is 10.1. The summed E-state index contributed by atoms with van der Waals surface area (Å²) in [6, 6.07) is 4.73. The molecule has 1 rings (SSSR count). The lowest BCUT2D eigenvalue weighted by Crippen LogP contribution is -2.37. The van der Waals surface area contributed by atoms with Crippen LogP contribution in [0.15, 0.2) is 18.2 Å². The van der Waals surface area contributed by atoms with Crippen molar-refractivity contribution >= 4 is 5.91 Å². The first-order valence-electron chi connectivity index (χ1n) is 7.32. The van der Waals surface area contributed by atoms with Gasteiger partial charge in [-0.2, -0.15) is 0 Å². The molecule has 0 aromatic heterocycles. The third-order valence-electron chi connectivity index (χ3n) is 3.10. The molecule has 0 aliphatic heterocycles. The molecule has 1 atom stereocenters. The van der Waals surface area contributed by atoms with Crippen LogP contribution >= 0.6 is 0 Å². The Labute approximate surface area is 126 Å². The minimum atomic E-state index is -0.732. The Morgan fingerprint density at radius 2 is 2.05 bits per heavy atom. The van der Waals surface area contributed by atoms with Crippen molar-refractivity contribution in [1.82, 2.24) is 10.6 Å². The quantitative estimate of drug-likeness (QED) is 0.775. The topological polar surface area (TPSA) is 50.4 Å². The van der Waals surface area contributed by atoms with Gasteiger partial charge >= 0.3 is 0 Å². The van der Waals surface area contributed by atoms with Gasteiger partial charge in [0.15, 0.2) is 17.7 Å². The van der Waals surface area contributed by atoms with E-state index in [9.17, 15) is 9.18 Å². The fourth-order valence-corrected chi connectivity index (χ4v) is 1.87. The van der Waals surface area contributed by atoms with Crippen molar-refractivity contribution in [3.63, 3.8) is 0 Å². The third-order valence-corrected chi connectivity index (χ3v) is 3.10. The molecule has 0 bridgehead atoms. The summed E-state index contributed by atoms with van der Waals surface area (Å²) in [5.74, 6) is -0.0208. The van der Waals surface area contributed by atoms with Gasteiger partial charge in [0.1, 0.15) is 0 Å². The summed E-state index contributed by atoms with van der Waals surface area (Å²) < 4.78 is 19.4. The van der Waals surface area contributed by atoms with Gasteiger partial charge in [-0.15, -0.1) is 0 Å². The maximum absolute atomic E-state index is 13.9. The molecule has 5 heteroatoms. The number of benzene rings is 1. The van der Waals surface area contributed by atoms with Gasteiger partial charge in [-0.1, -0.05) is 26.0 Å². The number of para-hydroxylation sites is 1. The Balaban J connectivity index is 2.65. The van der Waals surface area contributed by atoms with Crippen molar-refractivity contribution < 1.29 is 13.9 Å². The highest BCUT2D eigenvalue weighted by molar-refractivity contribution is 5.80. The Bertz CT molecular complexity index is 464. The number of halogens is 1. The zero-order valence-electron chi connectivity index (χ0n) is 13.2. The van der Waals surface area contributed by atoms with Crippen molar-refractivity contribution in [2.45, 2.75) is 39.8 Å². The molecule has 1 aromatic rings. The molecule has 0 radical (unpaired) electrons. The summed E-state index contributed by atoms with van der Waals surface area (Å²) in [6.07, 6.45) is 0.174. The molecule has 0 saturated heterocycles. The van der Waals surface area contributed by atoms with Crippen LogP contribution in [0.4, 0.5) is 4.39 Å². The molecule has 0 fully saturated rings. The van der Waals surface area contributed by atoms with Crippen molar-refractivity contribution in [1.29, 1.82) is 0 Å². The molecule has 2 N–H and O–H groups in total. The van der Waals surface area contributed by atoms with Crippen molar-refractivity contribution in [3.8, 4) is 5.75 Å². The second-order valence-electron chi connectivity index (χ2n) is 5.49. The molecule has 0 heterocycles. The Morgan fingerprint density at radius 1 is 1.33 bits per heavy atom. The van der Waals surface area contributed by atoms with E-state index in [0.29, 0.717) is 24.6 Å². The Morgan fingerprint density at radius 3 is 2.67 bits per heavy atom. The summed E-state index contributed by atoms with van der Waals surface area (Å²) in [5.41, 5.74) is 0.694. The number of nitrogens with one attached hydrogen (secondary N) is 2. The molecule has 21 heavy (non-hydrogen) atoms. The highest BCUT2D eigenvalue weighted by Crippen LogP contribution is 2.23. The van der Waals surface area contributed by atoms with E-state index in [1.54, 1.807) is 26.1 Å². The minimum Gasteiger partial charge on any atom is -0.477 e. The highest BCUT2D eigenvalue weighted by Gasteiger charge is 2.18.